The number of hydrogen-bond acceptors (Lipinski definition) is 3. The molecule has 0 amide bonds. The SMILES string of the molecule is N#CNCC1(O)CCCCCC1. The van der Waals surface area contributed by atoms with Crippen LogP contribution >= 0.6 is 0 Å². The molecule has 0 radical (unpaired) electrons. The molecule has 0 atom stereocenters. The van der Waals surface area contributed by atoms with Crippen LogP contribution in [0.5, 0.6) is 0 Å². The van der Waals surface area contributed by atoms with Gasteiger partial charge in [-0.1, -0.05) is 25.7 Å². The highest BCUT2D eigenvalue weighted by molar-refractivity contribution is 4.85. The molecule has 12 heavy (non-hydrogen) atoms. The van der Waals surface area contributed by atoms with Crippen molar-refractivity contribution in [2.24, 2.45) is 0 Å². The minimum Gasteiger partial charge on any atom is -0.388 e. The molecule has 2 N–H and O–H groups in total. The van der Waals surface area contributed by atoms with Crippen molar-refractivity contribution >= 4 is 0 Å². The van der Waals surface area contributed by atoms with Gasteiger partial charge in [0.2, 0.25) is 0 Å². The molecular weight excluding hydrogens is 152 g/mol. The van der Waals surface area contributed by atoms with Crippen molar-refractivity contribution in [3.05, 3.63) is 0 Å². The predicted octanol–water partition coefficient (Wildman–Crippen LogP) is 1.14. The maximum Gasteiger partial charge on any atom is 0.176 e. The summed E-state index contributed by atoms with van der Waals surface area (Å²) in [4.78, 5) is 0. The van der Waals surface area contributed by atoms with Gasteiger partial charge in [0.1, 0.15) is 0 Å². The number of nitrogens with zero attached hydrogens (tertiary/aromatic N) is 1. The summed E-state index contributed by atoms with van der Waals surface area (Å²) in [6.07, 6.45) is 8.13. The molecule has 0 aromatic heterocycles. The molecule has 3 nitrogen and oxygen atoms in total. The third kappa shape index (κ3) is 2.71. The molecule has 68 valence electrons. The zero-order valence-corrected chi connectivity index (χ0v) is 7.34. The molecule has 1 aliphatic rings. The first-order valence-electron chi connectivity index (χ1n) is 4.61. The zero-order chi connectivity index (χ0) is 8.86. The largest absolute Gasteiger partial charge is 0.388 e. The lowest BCUT2D eigenvalue weighted by Crippen LogP contribution is -2.38. The van der Waals surface area contributed by atoms with Crippen LogP contribution in [0, 0.1) is 11.5 Å². The molecule has 0 aliphatic heterocycles. The van der Waals surface area contributed by atoms with Gasteiger partial charge in [-0.05, 0) is 12.8 Å². The number of rotatable bonds is 2. The number of hydrogen-bond donors (Lipinski definition) is 2. The Morgan fingerprint density at radius 2 is 1.83 bits per heavy atom. The fraction of sp³-hybridized carbons (Fsp3) is 0.889. The average Bonchev–Trinajstić information content (AvgIpc) is 2.27. The highest BCUT2D eigenvalue weighted by atomic mass is 16.3. The summed E-state index contributed by atoms with van der Waals surface area (Å²) in [5.41, 5.74) is -0.619. The molecule has 0 bridgehead atoms. The van der Waals surface area contributed by atoms with Crippen molar-refractivity contribution in [3.8, 4) is 6.19 Å². The third-order valence-corrected chi connectivity index (χ3v) is 2.53. The van der Waals surface area contributed by atoms with Crippen molar-refractivity contribution in [2.45, 2.75) is 44.1 Å². The summed E-state index contributed by atoms with van der Waals surface area (Å²) in [6, 6.07) is 0. The van der Waals surface area contributed by atoms with Gasteiger partial charge in [-0.15, -0.1) is 0 Å². The van der Waals surface area contributed by atoms with Crippen LogP contribution in [0.25, 0.3) is 0 Å². The average molecular weight is 168 g/mol. The fourth-order valence-electron chi connectivity index (χ4n) is 1.77. The second kappa shape index (κ2) is 4.32. The molecule has 1 aliphatic carbocycles. The van der Waals surface area contributed by atoms with E-state index in [9.17, 15) is 5.11 Å². The van der Waals surface area contributed by atoms with Crippen molar-refractivity contribution in [1.82, 2.24) is 5.32 Å². The first kappa shape index (κ1) is 9.34. The van der Waals surface area contributed by atoms with Gasteiger partial charge in [-0.3, -0.25) is 0 Å². The van der Waals surface area contributed by atoms with Crippen LogP contribution in [0.3, 0.4) is 0 Å². The topological polar surface area (TPSA) is 56.0 Å². The van der Waals surface area contributed by atoms with Gasteiger partial charge in [0, 0.05) is 0 Å². The summed E-state index contributed by atoms with van der Waals surface area (Å²) in [7, 11) is 0. The van der Waals surface area contributed by atoms with Crippen LogP contribution in [0.2, 0.25) is 0 Å². The highest BCUT2D eigenvalue weighted by Gasteiger charge is 2.27. The number of aliphatic hydroxyl groups is 1. The Bertz CT molecular complexity index is 166. The molecule has 0 saturated heterocycles. The van der Waals surface area contributed by atoms with Gasteiger partial charge in [-0.25, -0.2) is 0 Å². The van der Waals surface area contributed by atoms with E-state index in [4.69, 9.17) is 5.26 Å². The summed E-state index contributed by atoms with van der Waals surface area (Å²) >= 11 is 0. The first-order valence-corrected chi connectivity index (χ1v) is 4.61. The van der Waals surface area contributed by atoms with E-state index in [1.54, 1.807) is 0 Å². The first-order chi connectivity index (χ1) is 5.77. The van der Waals surface area contributed by atoms with Gasteiger partial charge in [0.25, 0.3) is 0 Å². The quantitative estimate of drug-likeness (QED) is 0.369. The molecule has 1 fully saturated rings. The number of nitrogens with one attached hydrogen (secondary N) is 1. The Morgan fingerprint density at radius 1 is 1.25 bits per heavy atom. The van der Waals surface area contributed by atoms with Crippen LogP contribution in [0.15, 0.2) is 0 Å². The number of nitriles is 1. The van der Waals surface area contributed by atoms with E-state index >= 15 is 0 Å². The highest BCUT2D eigenvalue weighted by Crippen LogP contribution is 2.26. The van der Waals surface area contributed by atoms with Gasteiger partial charge < -0.3 is 10.4 Å². The lowest BCUT2D eigenvalue weighted by Gasteiger charge is -2.25. The second-order valence-corrected chi connectivity index (χ2v) is 3.60. The molecule has 0 aromatic rings. The minimum atomic E-state index is -0.619. The van der Waals surface area contributed by atoms with Crippen molar-refractivity contribution in [3.63, 3.8) is 0 Å². The van der Waals surface area contributed by atoms with Crippen molar-refractivity contribution < 1.29 is 5.11 Å². The lowest BCUT2D eigenvalue weighted by molar-refractivity contribution is 0.0288. The van der Waals surface area contributed by atoms with Crippen molar-refractivity contribution in [1.29, 1.82) is 5.26 Å². The van der Waals surface area contributed by atoms with E-state index in [0.29, 0.717) is 6.54 Å². The van der Waals surface area contributed by atoms with E-state index in [1.165, 1.54) is 12.8 Å². The van der Waals surface area contributed by atoms with Crippen LogP contribution in [-0.2, 0) is 0 Å². The van der Waals surface area contributed by atoms with Gasteiger partial charge in [0.15, 0.2) is 6.19 Å². The summed E-state index contributed by atoms with van der Waals surface area (Å²) in [5.74, 6) is 0. The predicted molar refractivity (Wildman–Crippen MR) is 46.3 cm³/mol. The molecule has 3 heteroatoms. The Hall–Kier alpha value is -0.750. The lowest BCUT2D eigenvalue weighted by atomic mass is 9.95. The smallest absolute Gasteiger partial charge is 0.176 e. The molecule has 0 aromatic carbocycles. The van der Waals surface area contributed by atoms with E-state index in [2.05, 4.69) is 5.32 Å². The standard InChI is InChI=1S/C9H16N2O/c10-8-11-7-9(12)5-3-1-2-4-6-9/h11-12H,1-7H2. The fourth-order valence-corrected chi connectivity index (χ4v) is 1.77. The normalized spacial score (nSPS) is 22.3. The molecule has 0 unspecified atom stereocenters. The van der Waals surface area contributed by atoms with Crippen molar-refractivity contribution in [2.75, 3.05) is 6.54 Å². The van der Waals surface area contributed by atoms with E-state index in [-0.39, 0.29) is 0 Å². The van der Waals surface area contributed by atoms with Crippen LogP contribution < -0.4 is 5.32 Å². The van der Waals surface area contributed by atoms with Crippen LogP contribution in [0.1, 0.15) is 38.5 Å². The van der Waals surface area contributed by atoms with E-state index in [1.807, 2.05) is 6.19 Å². The Labute approximate surface area is 73.4 Å². The molecule has 1 saturated carbocycles. The second-order valence-electron chi connectivity index (χ2n) is 3.60. The molecule has 0 spiro atoms. The molecular formula is C9H16N2O. The minimum absolute atomic E-state index is 0.420. The van der Waals surface area contributed by atoms with Crippen LogP contribution in [0.4, 0.5) is 0 Å². The summed E-state index contributed by atoms with van der Waals surface area (Å²) < 4.78 is 0. The summed E-state index contributed by atoms with van der Waals surface area (Å²) in [5, 5.41) is 20.8. The third-order valence-electron chi connectivity index (χ3n) is 2.53. The molecule has 0 heterocycles. The van der Waals surface area contributed by atoms with Gasteiger partial charge in [-0.2, -0.15) is 5.26 Å². The Morgan fingerprint density at radius 3 is 2.33 bits per heavy atom. The zero-order valence-electron chi connectivity index (χ0n) is 7.34. The summed E-state index contributed by atoms with van der Waals surface area (Å²) in [6.45, 7) is 0.420. The maximum absolute atomic E-state index is 9.97. The van der Waals surface area contributed by atoms with E-state index < -0.39 is 5.60 Å². The Balaban J connectivity index is 2.38. The van der Waals surface area contributed by atoms with Gasteiger partial charge >= 0.3 is 0 Å². The monoisotopic (exact) mass is 168 g/mol. The van der Waals surface area contributed by atoms with Crippen LogP contribution in [-0.4, -0.2) is 17.3 Å². The maximum atomic E-state index is 9.97. The Kier molecular flexibility index (Phi) is 3.36. The van der Waals surface area contributed by atoms with Gasteiger partial charge in [0.05, 0.1) is 12.1 Å². The van der Waals surface area contributed by atoms with E-state index in [0.717, 1.165) is 25.7 Å². The molecule has 1 rings (SSSR count).